The van der Waals surface area contributed by atoms with Gasteiger partial charge in [-0.1, -0.05) is 13.3 Å². The smallest absolute Gasteiger partial charge is 0.0759 e. The van der Waals surface area contributed by atoms with Gasteiger partial charge in [0.25, 0.3) is 0 Å². The molecular weight excluding hydrogens is 186 g/mol. The molecule has 3 nitrogen and oxygen atoms in total. The van der Waals surface area contributed by atoms with Gasteiger partial charge < -0.3 is 5.32 Å². The fourth-order valence-corrected chi connectivity index (χ4v) is 2.07. The van der Waals surface area contributed by atoms with Gasteiger partial charge in [-0.25, -0.2) is 0 Å². The predicted octanol–water partition coefficient (Wildman–Crippen LogP) is 2.24. The monoisotopic (exact) mass is 205 g/mol. The summed E-state index contributed by atoms with van der Waals surface area (Å²) < 4.78 is 0. The van der Waals surface area contributed by atoms with E-state index in [-0.39, 0.29) is 0 Å². The average molecular weight is 205 g/mol. The summed E-state index contributed by atoms with van der Waals surface area (Å²) in [6, 6.07) is 0.414. The van der Waals surface area contributed by atoms with Crippen molar-refractivity contribution in [2.45, 2.75) is 39.2 Å². The number of nitrogens with zero attached hydrogens (tertiary/aromatic N) is 2. The summed E-state index contributed by atoms with van der Waals surface area (Å²) in [4.78, 5) is 8.80. The van der Waals surface area contributed by atoms with Gasteiger partial charge in [0, 0.05) is 6.20 Å². The summed E-state index contributed by atoms with van der Waals surface area (Å²) in [7, 11) is 0. The molecule has 82 valence electrons. The Bertz CT molecular complexity index is 303. The van der Waals surface area contributed by atoms with Gasteiger partial charge in [0.05, 0.1) is 23.6 Å². The fourth-order valence-electron chi connectivity index (χ4n) is 2.07. The summed E-state index contributed by atoms with van der Waals surface area (Å²) in [5.41, 5.74) is 2.09. The van der Waals surface area contributed by atoms with E-state index in [1.165, 1.54) is 19.3 Å². The first kappa shape index (κ1) is 10.6. The van der Waals surface area contributed by atoms with Crippen molar-refractivity contribution in [3.8, 4) is 0 Å². The van der Waals surface area contributed by atoms with Crippen molar-refractivity contribution in [1.82, 2.24) is 15.3 Å². The van der Waals surface area contributed by atoms with E-state index < -0.39 is 0 Å². The normalized spacial score (nSPS) is 18.5. The Morgan fingerprint density at radius 3 is 2.67 bits per heavy atom. The molecule has 1 aromatic rings. The summed E-state index contributed by atoms with van der Waals surface area (Å²) in [6.07, 6.45) is 7.80. The van der Waals surface area contributed by atoms with E-state index in [0.717, 1.165) is 23.9 Å². The van der Waals surface area contributed by atoms with Gasteiger partial charge in [0.15, 0.2) is 0 Å². The molecule has 1 aliphatic carbocycles. The zero-order chi connectivity index (χ0) is 10.7. The minimum atomic E-state index is 0.414. The van der Waals surface area contributed by atoms with Crippen LogP contribution in [0.3, 0.4) is 0 Å². The SMILES string of the molecule is CCNC(c1cnc(C)cn1)C1CCC1. The molecule has 1 saturated carbocycles. The first-order valence-corrected chi connectivity index (χ1v) is 5.83. The second-order valence-corrected chi connectivity index (χ2v) is 4.31. The molecule has 1 unspecified atom stereocenters. The molecule has 0 aliphatic heterocycles. The molecule has 1 atom stereocenters. The molecule has 1 aliphatic rings. The molecular formula is C12H19N3. The maximum atomic E-state index is 4.48. The van der Waals surface area contributed by atoms with E-state index in [1.807, 2.05) is 19.3 Å². The van der Waals surface area contributed by atoms with E-state index >= 15 is 0 Å². The Hall–Kier alpha value is -0.960. The Morgan fingerprint density at radius 2 is 2.20 bits per heavy atom. The minimum Gasteiger partial charge on any atom is -0.309 e. The molecule has 0 bridgehead atoms. The van der Waals surface area contributed by atoms with Crippen molar-refractivity contribution in [3.05, 3.63) is 23.8 Å². The number of nitrogens with one attached hydrogen (secondary N) is 1. The molecule has 1 N–H and O–H groups in total. The number of rotatable bonds is 4. The number of hydrogen-bond acceptors (Lipinski definition) is 3. The van der Waals surface area contributed by atoms with Gasteiger partial charge in [-0.05, 0) is 32.2 Å². The number of aryl methyl sites for hydroxylation is 1. The van der Waals surface area contributed by atoms with E-state index in [4.69, 9.17) is 0 Å². The van der Waals surface area contributed by atoms with Crippen LogP contribution in [0.25, 0.3) is 0 Å². The third-order valence-corrected chi connectivity index (χ3v) is 3.16. The summed E-state index contributed by atoms with van der Waals surface area (Å²) in [5, 5.41) is 3.52. The van der Waals surface area contributed by atoms with Crippen LogP contribution in [0.1, 0.15) is 43.6 Å². The second kappa shape index (κ2) is 4.71. The summed E-state index contributed by atoms with van der Waals surface area (Å²) in [6.45, 7) is 5.12. The Morgan fingerprint density at radius 1 is 1.40 bits per heavy atom. The highest BCUT2D eigenvalue weighted by atomic mass is 15.0. The molecule has 2 rings (SSSR count). The van der Waals surface area contributed by atoms with Crippen LogP contribution in [0.15, 0.2) is 12.4 Å². The average Bonchev–Trinajstić information content (AvgIpc) is 2.16. The van der Waals surface area contributed by atoms with Gasteiger partial charge in [-0.15, -0.1) is 0 Å². The molecule has 15 heavy (non-hydrogen) atoms. The largest absolute Gasteiger partial charge is 0.309 e. The maximum Gasteiger partial charge on any atom is 0.0759 e. The van der Waals surface area contributed by atoms with Crippen molar-refractivity contribution >= 4 is 0 Å². The molecule has 1 aromatic heterocycles. The van der Waals surface area contributed by atoms with Crippen LogP contribution >= 0.6 is 0 Å². The molecule has 1 heterocycles. The molecule has 0 spiro atoms. The summed E-state index contributed by atoms with van der Waals surface area (Å²) >= 11 is 0. The van der Waals surface area contributed by atoms with Crippen LogP contribution in [0.2, 0.25) is 0 Å². The first-order chi connectivity index (χ1) is 7.31. The van der Waals surface area contributed by atoms with Crippen molar-refractivity contribution in [2.24, 2.45) is 5.92 Å². The lowest BCUT2D eigenvalue weighted by molar-refractivity contribution is 0.229. The zero-order valence-electron chi connectivity index (χ0n) is 9.53. The molecule has 0 aromatic carbocycles. The molecule has 0 radical (unpaired) electrons. The highest BCUT2D eigenvalue weighted by Gasteiger charge is 2.28. The van der Waals surface area contributed by atoms with Crippen LogP contribution in [-0.4, -0.2) is 16.5 Å². The van der Waals surface area contributed by atoms with Crippen molar-refractivity contribution < 1.29 is 0 Å². The Labute approximate surface area is 91.3 Å². The topological polar surface area (TPSA) is 37.8 Å². The van der Waals surface area contributed by atoms with Gasteiger partial charge >= 0.3 is 0 Å². The van der Waals surface area contributed by atoms with Crippen LogP contribution in [0, 0.1) is 12.8 Å². The number of hydrogen-bond donors (Lipinski definition) is 1. The second-order valence-electron chi connectivity index (χ2n) is 4.31. The van der Waals surface area contributed by atoms with Gasteiger partial charge in [-0.3, -0.25) is 9.97 Å². The lowest BCUT2D eigenvalue weighted by Crippen LogP contribution is -2.32. The maximum absolute atomic E-state index is 4.48. The zero-order valence-corrected chi connectivity index (χ0v) is 9.53. The molecule has 0 saturated heterocycles. The molecule has 3 heteroatoms. The van der Waals surface area contributed by atoms with Crippen molar-refractivity contribution in [3.63, 3.8) is 0 Å². The molecule has 1 fully saturated rings. The fraction of sp³-hybridized carbons (Fsp3) is 0.667. The van der Waals surface area contributed by atoms with Crippen LogP contribution in [0.4, 0.5) is 0 Å². The highest BCUT2D eigenvalue weighted by molar-refractivity contribution is 5.08. The van der Waals surface area contributed by atoms with Crippen molar-refractivity contribution in [1.29, 1.82) is 0 Å². The number of aromatic nitrogens is 2. The van der Waals surface area contributed by atoms with Crippen LogP contribution < -0.4 is 5.32 Å². The van der Waals surface area contributed by atoms with E-state index in [1.54, 1.807) is 0 Å². The summed E-state index contributed by atoms with van der Waals surface area (Å²) in [5.74, 6) is 0.766. The lowest BCUT2D eigenvalue weighted by Gasteiger charge is -2.33. The van der Waals surface area contributed by atoms with E-state index in [9.17, 15) is 0 Å². The predicted molar refractivity (Wildman–Crippen MR) is 60.5 cm³/mol. The van der Waals surface area contributed by atoms with E-state index in [2.05, 4.69) is 22.2 Å². The Balaban J connectivity index is 2.12. The minimum absolute atomic E-state index is 0.414. The van der Waals surface area contributed by atoms with Crippen LogP contribution in [0.5, 0.6) is 0 Å². The first-order valence-electron chi connectivity index (χ1n) is 5.83. The third-order valence-electron chi connectivity index (χ3n) is 3.16. The Kier molecular flexibility index (Phi) is 3.31. The lowest BCUT2D eigenvalue weighted by atomic mass is 9.78. The van der Waals surface area contributed by atoms with Gasteiger partial charge in [0.2, 0.25) is 0 Å². The molecule has 0 amide bonds. The third kappa shape index (κ3) is 2.34. The highest BCUT2D eigenvalue weighted by Crippen LogP contribution is 2.36. The van der Waals surface area contributed by atoms with E-state index in [0.29, 0.717) is 6.04 Å². The van der Waals surface area contributed by atoms with Gasteiger partial charge in [-0.2, -0.15) is 0 Å². The quantitative estimate of drug-likeness (QED) is 0.819. The van der Waals surface area contributed by atoms with Crippen molar-refractivity contribution in [2.75, 3.05) is 6.54 Å². The van der Waals surface area contributed by atoms with Crippen LogP contribution in [-0.2, 0) is 0 Å². The van der Waals surface area contributed by atoms with Gasteiger partial charge in [0.1, 0.15) is 0 Å². The standard InChI is InChI=1S/C12H19N3/c1-3-13-12(10-5-4-6-10)11-8-14-9(2)7-15-11/h7-8,10,12-13H,3-6H2,1-2H3.